The van der Waals surface area contributed by atoms with Crippen LogP contribution in [0.4, 0.5) is 48.7 Å². The molecule has 0 aliphatic carbocycles. The second-order valence-corrected chi connectivity index (χ2v) is 20.9. The Morgan fingerprint density at radius 3 is 1.49 bits per heavy atom. The molecule has 0 atom stereocenters. The Balaban J connectivity index is 0.000000166. The molecule has 0 spiro atoms. The molecule has 15 heteroatoms. The number of fused-ring (bicyclic) bond motifs is 2. The van der Waals surface area contributed by atoms with Gasteiger partial charge < -0.3 is 44.9 Å². The van der Waals surface area contributed by atoms with E-state index in [1.54, 1.807) is 30.5 Å². The molecule has 12 rings (SSSR count). The fraction of sp³-hybridized carbons (Fsp3) is 0.254. The number of hydrogen-bond donors (Lipinski definition) is 3. The van der Waals surface area contributed by atoms with Gasteiger partial charge in [-0.3, -0.25) is 0 Å². The van der Waals surface area contributed by atoms with Gasteiger partial charge in [0.25, 0.3) is 0 Å². The second-order valence-electron chi connectivity index (χ2n) is 20.9. The van der Waals surface area contributed by atoms with Gasteiger partial charge in [0.05, 0.1) is 94.2 Å². The van der Waals surface area contributed by atoms with Gasteiger partial charge in [0.2, 0.25) is 0 Å². The van der Waals surface area contributed by atoms with Gasteiger partial charge in [-0.15, -0.1) is 0 Å². The summed E-state index contributed by atoms with van der Waals surface area (Å²) >= 11 is 0. The third-order valence-electron chi connectivity index (χ3n) is 15.4. The van der Waals surface area contributed by atoms with Crippen LogP contribution in [0.1, 0.15) is 38.8 Å². The fourth-order valence-electron chi connectivity index (χ4n) is 10.4. The van der Waals surface area contributed by atoms with Crippen molar-refractivity contribution in [2.24, 2.45) is 0 Å². The summed E-state index contributed by atoms with van der Waals surface area (Å²) in [5.41, 5.74) is 19.4. The number of nitrogens with two attached hydrogens (primary N) is 1. The van der Waals surface area contributed by atoms with Crippen LogP contribution in [0.3, 0.4) is 0 Å². The maximum Gasteiger partial charge on any atom is 0.494 e. The van der Waals surface area contributed by atoms with E-state index < -0.39 is 18.3 Å². The van der Waals surface area contributed by atoms with E-state index in [1.165, 1.54) is 12.1 Å². The van der Waals surface area contributed by atoms with Crippen molar-refractivity contribution in [3.05, 3.63) is 175 Å². The number of rotatable bonds is 10. The van der Waals surface area contributed by atoms with Crippen LogP contribution < -0.4 is 31.6 Å². The van der Waals surface area contributed by atoms with E-state index >= 15 is 0 Å². The first-order valence-electron chi connectivity index (χ1n) is 26.6. The molecule has 0 amide bonds. The Morgan fingerprint density at radius 2 is 0.987 bits per heavy atom. The Kier molecular flexibility index (Phi) is 14.6. The lowest BCUT2D eigenvalue weighted by atomic mass is 9.78. The minimum Gasteiger partial charge on any atom is -0.399 e. The summed E-state index contributed by atoms with van der Waals surface area (Å²) in [7, 11) is -0.492. The van der Waals surface area contributed by atoms with Crippen LogP contribution in [-0.2, 0) is 18.8 Å². The Morgan fingerprint density at radius 1 is 0.538 bits per heavy atom. The number of aromatic nitrogens is 3. The molecular weight excluding hydrogens is 982 g/mol. The number of morpholine rings is 2. The van der Waals surface area contributed by atoms with Gasteiger partial charge in [-0.05, 0) is 142 Å². The summed E-state index contributed by atoms with van der Waals surface area (Å²) < 4.78 is 53.9. The number of nitrogen functional groups attached to an aromatic ring is 1. The van der Waals surface area contributed by atoms with Crippen LogP contribution in [0.25, 0.3) is 55.4 Å². The van der Waals surface area contributed by atoms with Gasteiger partial charge in [0, 0.05) is 54.3 Å². The summed E-state index contributed by atoms with van der Waals surface area (Å²) in [6.45, 7) is 18.1. The van der Waals surface area contributed by atoms with Gasteiger partial charge in [-0.25, -0.2) is 23.7 Å². The Bertz CT molecular complexity index is 3660. The van der Waals surface area contributed by atoms with E-state index in [4.69, 9.17) is 34.5 Å². The zero-order valence-corrected chi connectivity index (χ0v) is 44.9. The van der Waals surface area contributed by atoms with E-state index in [9.17, 15) is 8.78 Å². The van der Waals surface area contributed by atoms with Crippen LogP contribution in [0.5, 0.6) is 0 Å². The van der Waals surface area contributed by atoms with Crippen LogP contribution in [0, 0.1) is 25.5 Å². The quantitative estimate of drug-likeness (QED) is 0.113. The first-order valence-corrected chi connectivity index (χ1v) is 26.6. The van der Waals surface area contributed by atoms with E-state index in [1.807, 2.05) is 80.6 Å². The van der Waals surface area contributed by atoms with Gasteiger partial charge in [0.1, 0.15) is 17.5 Å². The molecule has 4 N–H and O–H groups in total. The molecule has 12 nitrogen and oxygen atoms in total. The standard InChI is InChI=1S/C32H35BFN3O3.C31H28FN5O/c1-21-29(23-10-6-8-12-25(23)34)35-26-13-9-7-11-24(26)30(21)36-27-20-22(33-39-31(2,3)32(4,5)40-33)14-15-28(27)37-16-18-38-19-17-37;1-20-30(23-6-2-4-8-25(23)32)35-26-9-5-3-7-24(26)31(20)36-27-18-21(22-12-13-34-29(33)19-22)10-11-28(27)37-14-16-38-17-15-37/h6-15,20H,16-19H2,1-5H3,(H,35,36);2-13,18-19H,14-17H2,1H3,(H2,33,34)(H,35,36). The van der Waals surface area contributed by atoms with Crippen molar-refractivity contribution in [2.45, 2.75) is 52.7 Å². The van der Waals surface area contributed by atoms with Crippen molar-refractivity contribution in [1.29, 1.82) is 0 Å². The van der Waals surface area contributed by atoms with E-state index in [0.717, 1.165) is 110 Å². The topological polar surface area (TPSA) is 132 Å². The molecule has 3 aromatic heterocycles. The van der Waals surface area contributed by atoms with Crippen LogP contribution in [0.2, 0.25) is 0 Å². The highest BCUT2D eigenvalue weighted by molar-refractivity contribution is 6.62. The molecule has 6 aromatic carbocycles. The van der Waals surface area contributed by atoms with Gasteiger partial charge >= 0.3 is 7.12 Å². The first kappa shape index (κ1) is 52.1. The summed E-state index contributed by atoms with van der Waals surface area (Å²) in [6.07, 6.45) is 1.72. The van der Waals surface area contributed by atoms with Crippen molar-refractivity contribution >= 4 is 74.3 Å². The lowest BCUT2D eigenvalue weighted by molar-refractivity contribution is 0.00578. The van der Waals surface area contributed by atoms with Crippen molar-refractivity contribution in [3.63, 3.8) is 0 Å². The number of ether oxygens (including phenoxy) is 2. The molecule has 0 radical (unpaired) electrons. The highest BCUT2D eigenvalue weighted by atomic mass is 19.1. The number of anilines is 7. The molecule has 9 aromatic rings. The summed E-state index contributed by atoms with van der Waals surface area (Å²) in [6, 6.07) is 46.0. The summed E-state index contributed by atoms with van der Waals surface area (Å²) in [4.78, 5) is 18.5. The molecule has 3 aliphatic heterocycles. The smallest absolute Gasteiger partial charge is 0.399 e. The number of para-hydroxylation sites is 2. The van der Waals surface area contributed by atoms with E-state index in [-0.39, 0.29) is 11.6 Å². The number of hydrogen-bond acceptors (Lipinski definition) is 12. The van der Waals surface area contributed by atoms with Gasteiger partial charge in [0.15, 0.2) is 0 Å². The average Bonchev–Trinajstić information content (AvgIpc) is 3.72. The lowest BCUT2D eigenvalue weighted by Gasteiger charge is -2.32. The van der Waals surface area contributed by atoms with Crippen molar-refractivity contribution in [2.75, 3.05) is 78.8 Å². The van der Waals surface area contributed by atoms with Crippen molar-refractivity contribution < 1.29 is 27.6 Å². The Labute approximate surface area is 454 Å². The summed E-state index contributed by atoms with van der Waals surface area (Å²) in [5, 5.41) is 9.44. The minimum absolute atomic E-state index is 0.295. The van der Waals surface area contributed by atoms with Crippen molar-refractivity contribution in [3.8, 4) is 33.6 Å². The summed E-state index contributed by atoms with van der Waals surface area (Å²) in [5.74, 6) is -0.119. The maximum atomic E-state index is 15.0. The number of benzene rings is 6. The largest absolute Gasteiger partial charge is 0.494 e. The molecule has 396 valence electrons. The number of halogens is 2. The van der Waals surface area contributed by atoms with Crippen molar-refractivity contribution in [1.82, 2.24) is 15.0 Å². The monoisotopic (exact) mass is 1040 g/mol. The van der Waals surface area contributed by atoms with Gasteiger partial charge in [-0.2, -0.15) is 0 Å². The highest BCUT2D eigenvalue weighted by Crippen LogP contribution is 2.43. The minimum atomic E-state index is -0.492. The first-order chi connectivity index (χ1) is 37.7. The lowest BCUT2D eigenvalue weighted by Crippen LogP contribution is -2.41. The number of nitrogens with zero attached hydrogens (tertiary/aromatic N) is 5. The van der Waals surface area contributed by atoms with E-state index in [2.05, 4.69) is 95.6 Å². The third-order valence-corrected chi connectivity index (χ3v) is 15.4. The molecule has 78 heavy (non-hydrogen) atoms. The number of nitrogens with one attached hydrogen (secondary N) is 2. The van der Waals surface area contributed by atoms with Crippen LogP contribution in [0.15, 0.2) is 152 Å². The molecule has 0 saturated carbocycles. The third kappa shape index (κ3) is 10.5. The molecule has 6 heterocycles. The van der Waals surface area contributed by atoms with E-state index in [0.29, 0.717) is 54.8 Å². The molecule has 3 saturated heterocycles. The Hall–Kier alpha value is -7.95. The van der Waals surface area contributed by atoms with Crippen LogP contribution >= 0.6 is 0 Å². The second kappa shape index (κ2) is 21.8. The zero-order chi connectivity index (χ0) is 54.1. The number of pyridine rings is 3. The van der Waals surface area contributed by atoms with Gasteiger partial charge in [-0.1, -0.05) is 72.8 Å². The normalized spacial score (nSPS) is 16.0. The predicted octanol–water partition coefficient (Wildman–Crippen LogP) is 12.8. The predicted molar refractivity (Wildman–Crippen MR) is 313 cm³/mol. The highest BCUT2D eigenvalue weighted by Gasteiger charge is 2.52. The molecule has 3 fully saturated rings. The molecule has 0 unspecified atom stereocenters. The molecular formula is C63H63BF2N8O4. The average molecular weight is 1050 g/mol. The fourth-order valence-corrected chi connectivity index (χ4v) is 10.4. The maximum absolute atomic E-state index is 15.0. The van der Waals surface area contributed by atoms with Crippen LogP contribution in [-0.4, -0.2) is 85.9 Å². The molecule has 3 aliphatic rings. The SMILES string of the molecule is Cc1c(-c2ccccc2F)nc2ccccc2c1Nc1cc(-c2ccnc(N)c2)ccc1N1CCOCC1.Cc1c(-c2ccccc2F)nc2ccccc2c1Nc1cc(B2OC(C)(C)C(C)(C)O2)ccc1N1CCOCC1. The molecule has 0 bridgehead atoms. The zero-order valence-electron chi connectivity index (χ0n) is 44.9.